The second-order valence-electron chi connectivity index (χ2n) is 5.38. The number of piperidine rings is 1. The molecule has 1 amide bonds. The molecule has 1 aromatic rings. The van der Waals surface area contributed by atoms with Crippen LogP contribution >= 0.6 is 11.3 Å². The molecule has 110 valence electrons. The maximum Gasteiger partial charge on any atom is 0.267 e. The number of nitrogens with one attached hydrogen (secondary N) is 1. The van der Waals surface area contributed by atoms with Crippen molar-refractivity contribution in [2.45, 2.75) is 37.8 Å². The topological polar surface area (TPSA) is 80.5 Å². The highest BCUT2D eigenvalue weighted by molar-refractivity contribution is 7.18. The zero-order chi connectivity index (χ0) is 14.1. The van der Waals surface area contributed by atoms with E-state index in [-0.39, 0.29) is 12.0 Å². The summed E-state index contributed by atoms with van der Waals surface area (Å²) in [6.45, 7) is 1.44. The molecule has 1 aliphatic carbocycles. The number of ether oxygens (including phenoxy) is 1. The van der Waals surface area contributed by atoms with Crippen LogP contribution in [0.3, 0.4) is 0 Å². The number of nitrogens with two attached hydrogens (primary N) is 1. The van der Waals surface area contributed by atoms with E-state index in [2.05, 4.69) is 10.3 Å². The van der Waals surface area contributed by atoms with Crippen LogP contribution in [-0.2, 0) is 4.74 Å². The average molecular weight is 296 g/mol. The van der Waals surface area contributed by atoms with Crippen molar-refractivity contribution in [3.8, 4) is 0 Å². The molecule has 0 radical (unpaired) electrons. The van der Waals surface area contributed by atoms with Crippen molar-refractivity contribution in [3.63, 3.8) is 0 Å². The summed E-state index contributed by atoms with van der Waals surface area (Å²) < 4.78 is 5.32. The van der Waals surface area contributed by atoms with Crippen molar-refractivity contribution < 1.29 is 9.53 Å². The first-order valence-corrected chi connectivity index (χ1v) is 7.84. The normalized spacial score (nSPS) is 20.1. The van der Waals surface area contributed by atoms with Crippen molar-refractivity contribution >= 4 is 28.2 Å². The molecular weight excluding hydrogens is 276 g/mol. The van der Waals surface area contributed by atoms with Gasteiger partial charge in [0.25, 0.3) is 5.91 Å². The highest BCUT2D eigenvalue weighted by Crippen LogP contribution is 2.31. The van der Waals surface area contributed by atoms with Gasteiger partial charge in [-0.1, -0.05) is 11.3 Å². The summed E-state index contributed by atoms with van der Waals surface area (Å²) in [7, 11) is 1.72. The second kappa shape index (κ2) is 5.57. The lowest BCUT2D eigenvalue weighted by atomic mass is 10.1. The molecule has 2 fully saturated rings. The Hall–Kier alpha value is -1.34. The molecule has 2 heterocycles. The highest BCUT2D eigenvalue weighted by Gasteiger charge is 2.28. The van der Waals surface area contributed by atoms with Crippen LogP contribution in [0.2, 0.25) is 0 Å². The summed E-state index contributed by atoms with van der Waals surface area (Å²) in [5.41, 5.74) is 5.89. The van der Waals surface area contributed by atoms with Crippen molar-refractivity contribution in [2.24, 2.45) is 0 Å². The first-order valence-electron chi connectivity index (χ1n) is 7.02. The van der Waals surface area contributed by atoms with Crippen molar-refractivity contribution in [1.29, 1.82) is 0 Å². The summed E-state index contributed by atoms with van der Waals surface area (Å²) in [5.74, 6) is 0.343. The number of likely N-dealkylation sites (tertiary alicyclic amines) is 1. The number of aromatic nitrogens is 1. The number of amides is 1. The number of thiazole rings is 1. The molecule has 1 saturated heterocycles. The van der Waals surface area contributed by atoms with E-state index in [0.29, 0.717) is 16.7 Å². The van der Waals surface area contributed by atoms with Crippen LogP contribution in [0.25, 0.3) is 0 Å². The minimum Gasteiger partial charge on any atom is -0.382 e. The maximum absolute atomic E-state index is 12.5. The van der Waals surface area contributed by atoms with Gasteiger partial charge in [-0.3, -0.25) is 4.79 Å². The van der Waals surface area contributed by atoms with Crippen LogP contribution in [0.4, 0.5) is 10.9 Å². The van der Waals surface area contributed by atoms with Crippen molar-refractivity contribution in [2.75, 3.05) is 31.2 Å². The Kier molecular flexibility index (Phi) is 3.80. The van der Waals surface area contributed by atoms with Gasteiger partial charge in [0.15, 0.2) is 5.13 Å². The molecule has 1 saturated carbocycles. The molecule has 0 aromatic carbocycles. The fraction of sp³-hybridized carbons (Fsp3) is 0.692. The van der Waals surface area contributed by atoms with Gasteiger partial charge in [-0.25, -0.2) is 4.98 Å². The van der Waals surface area contributed by atoms with Crippen LogP contribution in [-0.4, -0.2) is 48.1 Å². The molecule has 1 aromatic heterocycles. The number of anilines is 2. The predicted octanol–water partition coefficient (Wildman–Crippen LogP) is 1.55. The van der Waals surface area contributed by atoms with E-state index < -0.39 is 0 Å². The summed E-state index contributed by atoms with van der Waals surface area (Å²) in [6, 6.07) is 0.515. The Morgan fingerprint density at radius 1 is 1.40 bits per heavy atom. The SMILES string of the molecule is COC1CCN(C(=O)c2sc(NC3CC3)nc2N)CC1. The third-order valence-corrected chi connectivity index (χ3v) is 4.81. The Bertz CT molecular complexity index is 493. The summed E-state index contributed by atoms with van der Waals surface area (Å²) >= 11 is 1.37. The smallest absolute Gasteiger partial charge is 0.267 e. The molecule has 7 heteroatoms. The Morgan fingerprint density at radius 3 is 2.70 bits per heavy atom. The lowest BCUT2D eigenvalue weighted by molar-refractivity contribution is 0.0354. The average Bonchev–Trinajstić information content (AvgIpc) is 3.20. The van der Waals surface area contributed by atoms with Crippen molar-refractivity contribution in [1.82, 2.24) is 9.88 Å². The number of carbonyl (C=O) groups excluding carboxylic acids is 1. The molecule has 3 rings (SSSR count). The van der Waals surface area contributed by atoms with Gasteiger partial charge in [-0.2, -0.15) is 0 Å². The fourth-order valence-electron chi connectivity index (χ4n) is 2.39. The van der Waals surface area contributed by atoms with E-state index in [0.717, 1.165) is 31.1 Å². The summed E-state index contributed by atoms with van der Waals surface area (Å²) in [5, 5.41) is 4.05. The van der Waals surface area contributed by atoms with Gasteiger partial charge in [0.1, 0.15) is 10.7 Å². The molecule has 3 N–H and O–H groups in total. The quantitative estimate of drug-likeness (QED) is 0.881. The lowest BCUT2D eigenvalue weighted by Gasteiger charge is -2.30. The number of hydrogen-bond acceptors (Lipinski definition) is 6. The minimum absolute atomic E-state index is 0.00148. The van der Waals surface area contributed by atoms with E-state index in [1.54, 1.807) is 7.11 Å². The Morgan fingerprint density at radius 2 is 2.10 bits per heavy atom. The van der Waals surface area contributed by atoms with Crippen LogP contribution < -0.4 is 11.1 Å². The molecule has 20 heavy (non-hydrogen) atoms. The monoisotopic (exact) mass is 296 g/mol. The third-order valence-electron chi connectivity index (χ3n) is 3.82. The molecule has 0 atom stereocenters. The third kappa shape index (κ3) is 2.88. The minimum atomic E-state index is -0.00148. The van der Waals surface area contributed by atoms with E-state index in [1.807, 2.05) is 4.90 Å². The predicted molar refractivity (Wildman–Crippen MR) is 79.1 cm³/mol. The maximum atomic E-state index is 12.5. The molecular formula is C13H20N4O2S. The first kappa shape index (κ1) is 13.6. The molecule has 0 unspecified atom stereocenters. The number of carbonyl (C=O) groups is 1. The zero-order valence-electron chi connectivity index (χ0n) is 11.6. The Labute approximate surface area is 122 Å². The zero-order valence-corrected chi connectivity index (χ0v) is 12.4. The highest BCUT2D eigenvalue weighted by atomic mass is 32.1. The fourth-order valence-corrected chi connectivity index (χ4v) is 3.32. The largest absolute Gasteiger partial charge is 0.382 e. The standard InChI is InChI=1S/C13H20N4O2S/c1-19-9-4-6-17(7-5-9)12(18)10-11(14)16-13(20-10)15-8-2-3-8/h8-9H,2-7,14H2,1H3,(H,15,16). The Balaban J connectivity index is 1.65. The lowest BCUT2D eigenvalue weighted by Crippen LogP contribution is -2.40. The number of nitrogens with zero attached hydrogens (tertiary/aromatic N) is 2. The van der Waals surface area contributed by atoms with Crippen LogP contribution in [0, 0.1) is 0 Å². The van der Waals surface area contributed by atoms with E-state index in [1.165, 1.54) is 24.2 Å². The van der Waals surface area contributed by atoms with E-state index >= 15 is 0 Å². The van der Waals surface area contributed by atoms with Crippen LogP contribution in [0.1, 0.15) is 35.4 Å². The molecule has 0 spiro atoms. The summed E-state index contributed by atoms with van der Waals surface area (Å²) in [4.78, 5) is 19.1. The van der Waals surface area contributed by atoms with Crippen LogP contribution in [0.15, 0.2) is 0 Å². The van der Waals surface area contributed by atoms with Gasteiger partial charge in [0.2, 0.25) is 0 Å². The number of rotatable bonds is 4. The molecule has 2 aliphatic rings. The molecule has 1 aliphatic heterocycles. The van der Waals surface area contributed by atoms with E-state index in [4.69, 9.17) is 10.5 Å². The second-order valence-corrected chi connectivity index (χ2v) is 6.38. The van der Waals surface area contributed by atoms with Gasteiger partial charge < -0.3 is 20.7 Å². The van der Waals surface area contributed by atoms with Gasteiger partial charge in [-0.15, -0.1) is 0 Å². The van der Waals surface area contributed by atoms with Crippen molar-refractivity contribution in [3.05, 3.63) is 4.88 Å². The van der Waals surface area contributed by atoms with Crippen LogP contribution in [0.5, 0.6) is 0 Å². The molecule has 0 bridgehead atoms. The summed E-state index contributed by atoms with van der Waals surface area (Å²) in [6.07, 6.45) is 4.38. The van der Waals surface area contributed by atoms with Gasteiger partial charge in [0, 0.05) is 26.2 Å². The van der Waals surface area contributed by atoms with Gasteiger partial charge in [0.05, 0.1) is 6.10 Å². The van der Waals surface area contributed by atoms with E-state index in [9.17, 15) is 4.79 Å². The number of nitrogen functional groups attached to an aromatic ring is 1. The number of methoxy groups -OCH3 is 1. The number of hydrogen-bond donors (Lipinski definition) is 2. The van der Waals surface area contributed by atoms with Gasteiger partial charge >= 0.3 is 0 Å². The first-order chi connectivity index (χ1) is 9.67. The molecule has 6 nitrogen and oxygen atoms in total. The van der Waals surface area contributed by atoms with Gasteiger partial charge in [-0.05, 0) is 25.7 Å².